The molecule has 1 aliphatic carbocycles. The number of hydrogen-bond acceptors (Lipinski definition) is 5. The van der Waals surface area contributed by atoms with Crippen molar-refractivity contribution in [3.63, 3.8) is 0 Å². The topological polar surface area (TPSA) is 82.5 Å². The number of carbonyl (C=O) groups excluding carboxylic acids is 1. The van der Waals surface area contributed by atoms with Crippen LogP contribution in [0.3, 0.4) is 0 Å². The molecular weight excluding hydrogens is 489 g/mol. The van der Waals surface area contributed by atoms with Crippen molar-refractivity contribution >= 4 is 34.0 Å². The highest BCUT2D eigenvalue weighted by Crippen LogP contribution is 2.36. The number of thiazole rings is 1. The standard InChI is InChI=1S/C29H26FN3O3S/c30-25-7-2-1-6-24(25)26-18-37-29(32-26)33(23-13-12-20-4-3-5-22(20)16-23)17-19-8-10-21(11-9-19)28(36)31-15-14-27(34)35/h1-2,6-13,16,18H,3-5,14-15,17H2,(H,31,36)(H,34,35). The molecule has 5 rings (SSSR count). The van der Waals surface area contributed by atoms with Gasteiger partial charge in [-0.05, 0) is 72.4 Å². The van der Waals surface area contributed by atoms with Crippen LogP contribution < -0.4 is 10.2 Å². The number of amides is 1. The Labute approximate surface area is 218 Å². The number of rotatable bonds is 9. The van der Waals surface area contributed by atoms with Gasteiger partial charge in [0.25, 0.3) is 5.91 Å². The SMILES string of the molecule is O=C(O)CCNC(=O)c1ccc(CN(c2ccc3c(c2)CCC3)c2nc(-c3ccccc3F)cs2)cc1. The second kappa shape index (κ2) is 10.9. The molecule has 1 aliphatic rings. The number of anilines is 2. The van der Waals surface area contributed by atoms with Crippen LogP contribution in [0.15, 0.2) is 72.1 Å². The first kappa shape index (κ1) is 24.6. The largest absolute Gasteiger partial charge is 0.481 e. The van der Waals surface area contributed by atoms with Gasteiger partial charge >= 0.3 is 5.97 Å². The van der Waals surface area contributed by atoms with Crippen LogP contribution in [0.5, 0.6) is 0 Å². The highest BCUT2D eigenvalue weighted by Gasteiger charge is 2.19. The van der Waals surface area contributed by atoms with Gasteiger partial charge in [-0.15, -0.1) is 11.3 Å². The Morgan fingerprint density at radius 2 is 1.81 bits per heavy atom. The maximum Gasteiger partial charge on any atom is 0.305 e. The summed E-state index contributed by atoms with van der Waals surface area (Å²) in [5.74, 6) is -1.57. The summed E-state index contributed by atoms with van der Waals surface area (Å²) < 4.78 is 14.4. The van der Waals surface area contributed by atoms with E-state index in [0.29, 0.717) is 23.4 Å². The molecule has 3 aromatic carbocycles. The number of benzene rings is 3. The van der Waals surface area contributed by atoms with Crippen LogP contribution >= 0.6 is 11.3 Å². The molecule has 6 nitrogen and oxygen atoms in total. The molecule has 0 saturated heterocycles. The van der Waals surface area contributed by atoms with Gasteiger partial charge in [-0.3, -0.25) is 9.59 Å². The van der Waals surface area contributed by atoms with Crippen LogP contribution in [-0.2, 0) is 24.2 Å². The molecule has 2 N–H and O–H groups in total. The molecule has 0 spiro atoms. The number of halogens is 1. The Morgan fingerprint density at radius 3 is 2.59 bits per heavy atom. The molecule has 1 aromatic heterocycles. The number of aromatic nitrogens is 1. The molecule has 4 aromatic rings. The van der Waals surface area contributed by atoms with E-state index in [2.05, 4.69) is 28.4 Å². The van der Waals surface area contributed by atoms with Gasteiger partial charge in [0.1, 0.15) is 5.82 Å². The smallest absolute Gasteiger partial charge is 0.305 e. The molecule has 0 radical (unpaired) electrons. The van der Waals surface area contributed by atoms with E-state index in [4.69, 9.17) is 10.1 Å². The Kier molecular flexibility index (Phi) is 7.28. The maximum absolute atomic E-state index is 14.4. The van der Waals surface area contributed by atoms with Gasteiger partial charge in [0, 0.05) is 28.7 Å². The van der Waals surface area contributed by atoms with Crippen molar-refractivity contribution in [2.75, 3.05) is 11.4 Å². The zero-order valence-corrected chi connectivity index (χ0v) is 20.9. The van der Waals surface area contributed by atoms with Crippen molar-refractivity contribution in [2.24, 2.45) is 0 Å². The quantitative estimate of drug-likeness (QED) is 0.287. The molecule has 1 amide bonds. The minimum Gasteiger partial charge on any atom is -0.481 e. The van der Waals surface area contributed by atoms with Crippen molar-refractivity contribution in [1.29, 1.82) is 0 Å². The van der Waals surface area contributed by atoms with E-state index in [1.807, 2.05) is 17.5 Å². The van der Waals surface area contributed by atoms with Crippen LogP contribution in [-0.4, -0.2) is 28.5 Å². The molecule has 188 valence electrons. The Morgan fingerprint density at radius 1 is 1.03 bits per heavy atom. The van der Waals surface area contributed by atoms with E-state index in [-0.39, 0.29) is 24.7 Å². The molecule has 0 unspecified atom stereocenters. The Balaban J connectivity index is 1.41. The number of fused-ring (bicyclic) bond motifs is 1. The monoisotopic (exact) mass is 515 g/mol. The Hall–Kier alpha value is -4.04. The van der Waals surface area contributed by atoms with Gasteiger partial charge in [0.05, 0.1) is 18.7 Å². The van der Waals surface area contributed by atoms with Crippen molar-refractivity contribution in [3.05, 3.63) is 100 Å². The van der Waals surface area contributed by atoms with Gasteiger partial charge in [0.15, 0.2) is 5.13 Å². The number of carboxylic acids is 1. The molecule has 37 heavy (non-hydrogen) atoms. The van der Waals surface area contributed by atoms with Crippen LogP contribution in [0.1, 0.15) is 39.9 Å². The predicted molar refractivity (Wildman–Crippen MR) is 143 cm³/mol. The minimum absolute atomic E-state index is 0.0798. The highest BCUT2D eigenvalue weighted by atomic mass is 32.1. The third-order valence-corrected chi connectivity index (χ3v) is 7.31. The lowest BCUT2D eigenvalue weighted by Gasteiger charge is -2.23. The van der Waals surface area contributed by atoms with E-state index in [0.717, 1.165) is 35.6 Å². The number of carbonyl (C=O) groups is 2. The van der Waals surface area contributed by atoms with Crippen molar-refractivity contribution in [1.82, 2.24) is 10.3 Å². The maximum atomic E-state index is 14.4. The van der Waals surface area contributed by atoms with E-state index < -0.39 is 5.97 Å². The molecule has 0 aliphatic heterocycles. The first-order valence-corrected chi connectivity index (χ1v) is 13.0. The van der Waals surface area contributed by atoms with Crippen molar-refractivity contribution < 1.29 is 19.1 Å². The molecular formula is C29H26FN3O3S. The fourth-order valence-corrected chi connectivity index (χ4v) is 5.35. The van der Waals surface area contributed by atoms with E-state index >= 15 is 0 Å². The predicted octanol–water partition coefficient (Wildman–Crippen LogP) is 5.98. The minimum atomic E-state index is -0.956. The molecule has 0 fully saturated rings. The summed E-state index contributed by atoms with van der Waals surface area (Å²) in [6.07, 6.45) is 3.19. The fraction of sp³-hybridized carbons (Fsp3) is 0.207. The summed E-state index contributed by atoms with van der Waals surface area (Å²) in [5.41, 5.74) is 6.26. The van der Waals surface area contributed by atoms with Gasteiger partial charge in [-0.25, -0.2) is 9.37 Å². The molecule has 0 saturated carbocycles. The lowest BCUT2D eigenvalue weighted by molar-refractivity contribution is -0.136. The summed E-state index contributed by atoms with van der Waals surface area (Å²) in [7, 11) is 0. The van der Waals surface area contributed by atoms with E-state index in [9.17, 15) is 14.0 Å². The molecule has 0 atom stereocenters. The van der Waals surface area contributed by atoms with Gasteiger partial charge in [-0.2, -0.15) is 0 Å². The summed E-state index contributed by atoms with van der Waals surface area (Å²) in [4.78, 5) is 29.9. The van der Waals surface area contributed by atoms with Gasteiger partial charge in [0.2, 0.25) is 0 Å². The van der Waals surface area contributed by atoms with Crippen LogP contribution in [0.25, 0.3) is 11.3 Å². The Bertz CT molecular complexity index is 1430. The number of nitrogens with zero attached hydrogens (tertiary/aromatic N) is 2. The first-order chi connectivity index (χ1) is 18.0. The van der Waals surface area contributed by atoms with E-state index in [1.165, 1.54) is 28.5 Å². The van der Waals surface area contributed by atoms with Gasteiger partial charge in [-0.1, -0.05) is 30.3 Å². The lowest BCUT2D eigenvalue weighted by atomic mass is 10.1. The second-order valence-electron chi connectivity index (χ2n) is 8.98. The number of aryl methyl sites for hydroxylation is 2. The molecule has 1 heterocycles. The summed E-state index contributed by atoms with van der Waals surface area (Å²) in [6.45, 7) is 0.598. The third-order valence-electron chi connectivity index (χ3n) is 6.45. The van der Waals surface area contributed by atoms with Gasteiger partial charge < -0.3 is 15.3 Å². The number of hydrogen-bond donors (Lipinski definition) is 2. The van der Waals surface area contributed by atoms with Crippen LogP contribution in [0, 0.1) is 5.82 Å². The van der Waals surface area contributed by atoms with Crippen LogP contribution in [0.2, 0.25) is 0 Å². The lowest BCUT2D eigenvalue weighted by Crippen LogP contribution is -2.26. The first-order valence-electron chi connectivity index (χ1n) is 12.2. The third kappa shape index (κ3) is 5.70. The highest BCUT2D eigenvalue weighted by molar-refractivity contribution is 7.14. The number of nitrogens with one attached hydrogen (secondary N) is 1. The van der Waals surface area contributed by atoms with E-state index in [1.54, 1.807) is 30.3 Å². The summed E-state index contributed by atoms with van der Waals surface area (Å²) >= 11 is 1.46. The summed E-state index contributed by atoms with van der Waals surface area (Å²) in [6, 6.07) is 20.4. The van der Waals surface area contributed by atoms with Crippen molar-refractivity contribution in [2.45, 2.75) is 32.2 Å². The second-order valence-corrected chi connectivity index (χ2v) is 9.82. The number of carboxylic acid groups (broad SMARTS) is 1. The van der Waals surface area contributed by atoms with Crippen LogP contribution in [0.4, 0.5) is 15.2 Å². The summed E-state index contributed by atoms with van der Waals surface area (Å²) in [5, 5.41) is 14.0. The number of aliphatic carboxylic acids is 1. The average molecular weight is 516 g/mol. The molecule has 8 heteroatoms. The average Bonchev–Trinajstić information content (AvgIpc) is 3.57. The zero-order valence-electron chi connectivity index (χ0n) is 20.1. The zero-order chi connectivity index (χ0) is 25.8. The molecule has 0 bridgehead atoms. The fourth-order valence-electron chi connectivity index (χ4n) is 4.51. The normalized spacial score (nSPS) is 12.2. The van der Waals surface area contributed by atoms with Crippen molar-refractivity contribution in [3.8, 4) is 11.3 Å².